The average molecular weight is 657 g/mol. The lowest BCUT2D eigenvalue weighted by atomic mass is 10.4. The van der Waals surface area contributed by atoms with E-state index in [9.17, 15) is 19.2 Å². The maximum atomic E-state index is 12.1. The lowest BCUT2D eigenvalue weighted by molar-refractivity contribution is 0.381. The highest BCUT2D eigenvalue weighted by molar-refractivity contribution is 7.79. The number of guanidine groups is 2. The molecule has 0 fully saturated rings. The van der Waals surface area contributed by atoms with Crippen LogP contribution >= 0.6 is 0 Å². The van der Waals surface area contributed by atoms with Crippen LogP contribution in [0.15, 0.2) is 41.8 Å². The first-order valence-electron chi connectivity index (χ1n) is 12.9. The topological polar surface area (TPSA) is 327 Å². The van der Waals surface area contributed by atoms with Gasteiger partial charge >= 0.3 is 21.8 Å². The summed E-state index contributed by atoms with van der Waals surface area (Å²) in [7, 11) is 1.39. The SMILES string of the molecule is Cn1c(=O)c2c(ncn2CCCN=C(N)N)n(C)c1=O.Cn1c(=O)c2c(ncn2CCCN=C(N)N)n(C)c1=O.O=S(=O)(O)O. The number of fused-ring (bicyclic) bond motifs is 2. The second kappa shape index (κ2) is 14.9. The fourth-order valence-corrected chi connectivity index (χ4v) is 4.03. The molecule has 4 aromatic rings. The zero-order valence-corrected chi connectivity index (χ0v) is 25.7. The summed E-state index contributed by atoms with van der Waals surface area (Å²) >= 11 is 0. The molecule has 4 rings (SSSR count). The van der Waals surface area contributed by atoms with E-state index in [1.165, 1.54) is 23.2 Å². The molecule has 0 amide bonds. The predicted molar refractivity (Wildman–Crippen MR) is 165 cm³/mol. The van der Waals surface area contributed by atoms with Gasteiger partial charge in [0.2, 0.25) is 0 Å². The quantitative estimate of drug-likeness (QED) is 0.0451. The smallest absolute Gasteiger partial charge is 0.370 e. The normalized spacial score (nSPS) is 11.0. The summed E-state index contributed by atoms with van der Waals surface area (Å²) < 4.78 is 39.8. The summed E-state index contributed by atoms with van der Waals surface area (Å²) in [6.45, 7) is 2.02. The summed E-state index contributed by atoms with van der Waals surface area (Å²) in [5, 5.41) is 0. The van der Waals surface area contributed by atoms with Gasteiger partial charge in [-0.1, -0.05) is 0 Å². The molecule has 0 bridgehead atoms. The van der Waals surface area contributed by atoms with E-state index >= 15 is 0 Å². The number of nitrogens with two attached hydrogens (primary N) is 4. The minimum absolute atomic E-state index is 0.0406. The Morgan fingerprint density at radius 2 is 1.00 bits per heavy atom. The summed E-state index contributed by atoms with van der Waals surface area (Å²) in [5.74, 6) is 0.0811. The van der Waals surface area contributed by atoms with Crippen molar-refractivity contribution in [3.63, 3.8) is 0 Å². The van der Waals surface area contributed by atoms with E-state index in [4.69, 9.17) is 40.5 Å². The molecule has 0 radical (unpaired) electrons. The summed E-state index contributed by atoms with van der Waals surface area (Å²) in [5.41, 5.74) is 21.0. The van der Waals surface area contributed by atoms with Gasteiger partial charge in [0.05, 0.1) is 12.7 Å². The van der Waals surface area contributed by atoms with E-state index in [0.29, 0.717) is 61.3 Å². The molecular weight excluding hydrogens is 620 g/mol. The molecule has 0 saturated carbocycles. The van der Waals surface area contributed by atoms with Crippen LogP contribution in [0.1, 0.15) is 12.8 Å². The van der Waals surface area contributed by atoms with Crippen molar-refractivity contribution in [2.45, 2.75) is 25.9 Å². The van der Waals surface area contributed by atoms with Gasteiger partial charge in [0.1, 0.15) is 0 Å². The molecule has 248 valence electrons. The molecule has 0 aliphatic carbocycles. The van der Waals surface area contributed by atoms with Crippen molar-refractivity contribution in [3.05, 3.63) is 54.3 Å². The molecule has 0 aliphatic heterocycles. The second-order valence-electron chi connectivity index (χ2n) is 9.40. The molecule has 0 spiro atoms. The maximum absolute atomic E-state index is 12.1. The van der Waals surface area contributed by atoms with Crippen molar-refractivity contribution in [1.29, 1.82) is 0 Å². The maximum Gasteiger partial charge on any atom is 0.394 e. The summed E-state index contributed by atoms with van der Waals surface area (Å²) in [4.78, 5) is 63.8. The van der Waals surface area contributed by atoms with Gasteiger partial charge in [0.25, 0.3) is 11.1 Å². The van der Waals surface area contributed by atoms with Gasteiger partial charge < -0.3 is 32.1 Å². The number of hydrogen-bond acceptors (Lipinski definition) is 10. The monoisotopic (exact) mass is 656 g/mol. The van der Waals surface area contributed by atoms with Crippen LogP contribution in [0.3, 0.4) is 0 Å². The van der Waals surface area contributed by atoms with Gasteiger partial charge in [0, 0.05) is 54.4 Å². The Kier molecular flexibility index (Phi) is 11.9. The van der Waals surface area contributed by atoms with Gasteiger partial charge in [-0.25, -0.2) is 19.6 Å². The third-order valence-electron chi connectivity index (χ3n) is 6.14. The molecule has 0 saturated heterocycles. The van der Waals surface area contributed by atoms with Gasteiger partial charge in [0.15, 0.2) is 34.2 Å². The standard InChI is InChI=1S/2C11H17N7O2.H2O4S/c2*1-16-8-7(9(19)17(2)11(16)20)18(6-15-8)5-3-4-14-10(12)13;1-5(2,3)4/h2*6H,3-5H2,1-2H3,(H4,12,13,14);(H2,1,2,3,4). The van der Waals surface area contributed by atoms with Crippen LogP contribution in [0.5, 0.6) is 0 Å². The van der Waals surface area contributed by atoms with Crippen LogP contribution in [-0.2, 0) is 51.7 Å². The molecule has 0 unspecified atom stereocenters. The number of aromatic nitrogens is 8. The molecular formula is C22H36N14O8S. The third-order valence-corrected chi connectivity index (χ3v) is 6.14. The van der Waals surface area contributed by atoms with Gasteiger partial charge in [-0.05, 0) is 12.8 Å². The fourth-order valence-electron chi connectivity index (χ4n) is 4.03. The molecule has 22 nitrogen and oxygen atoms in total. The van der Waals surface area contributed by atoms with Crippen LogP contribution in [0.2, 0.25) is 0 Å². The third kappa shape index (κ3) is 9.35. The van der Waals surface area contributed by atoms with E-state index < -0.39 is 21.8 Å². The Labute approximate surface area is 254 Å². The molecule has 45 heavy (non-hydrogen) atoms. The Hall–Kier alpha value is -5.29. The zero-order valence-electron chi connectivity index (χ0n) is 24.9. The van der Waals surface area contributed by atoms with Crippen LogP contribution < -0.4 is 45.4 Å². The lowest BCUT2D eigenvalue weighted by Gasteiger charge is -2.05. The molecule has 0 atom stereocenters. The van der Waals surface area contributed by atoms with Crippen molar-refractivity contribution < 1.29 is 17.5 Å². The van der Waals surface area contributed by atoms with Gasteiger partial charge in [-0.2, -0.15) is 8.42 Å². The van der Waals surface area contributed by atoms with Crippen molar-refractivity contribution in [3.8, 4) is 0 Å². The minimum atomic E-state index is -4.67. The van der Waals surface area contributed by atoms with E-state index in [1.54, 1.807) is 35.9 Å². The van der Waals surface area contributed by atoms with E-state index in [0.717, 1.165) is 9.13 Å². The second-order valence-corrected chi connectivity index (χ2v) is 10.3. The molecule has 4 heterocycles. The highest BCUT2D eigenvalue weighted by atomic mass is 32.3. The first kappa shape index (κ1) is 35.9. The molecule has 4 aromatic heterocycles. The molecule has 23 heteroatoms. The van der Waals surface area contributed by atoms with E-state index in [2.05, 4.69) is 20.0 Å². The fraction of sp³-hybridized carbons (Fsp3) is 0.455. The molecule has 0 aliphatic rings. The highest BCUT2D eigenvalue weighted by Gasteiger charge is 2.15. The summed E-state index contributed by atoms with van der Waals surface area (Å²) in [6.07, 6.45) is 4.41. The first-order valence-corrected chi connectivity index (χ1v) is 14.3. The Balaban J connectivity index is 0.000000273. The zero-order chi connectivity index (χ0) is 34.2. The molecule has 0 aromatic carbocycles. The van der Waals surface area contributed by atoms with Gasteiger partial charge in [-0.15, -0.1) is 0 Å². The van der Waals surface area contributed by atoms with E-state index in [-0.39, 0.29) is 23.0 Å². The van der Waals surface area contributed by atoms with Crippen molar-refractivity contribution in [1.82, 2.24) is 37.4 Å². The van der Waals surface area contributed by atoms with Crippen LogP contribution in [0.4, 0.5) is 0 Å². The van der Waals surface area contributed by atoms with E-state index in [1.807, 2.05) is 0 Å². The number of aliphatic imine (C=N–C) groups is 2. The Morgan fingerprint density at radius 1 is 0.689 bits per heavy atom. The number of hydrogen-bond donors (Lipinski definition) is 6. The van der Waals surface area contributed by atoms with Crippen LogP contribution in [-0.4, -0.2) is 79.9 Å². The van der Waals surface area contributed by atoms with Crippen molar-refractivity contribution in [2.75, 3.05) is 13.1 Å². The largest absolute Gasteiger partial charge is 0.394 e. The number of imidazole rings is 2. The van der Waals surface area contributed by atoms with Crippen LogP contribution in [0, 0.1) is 0 Å². The predicted octanol–water partition coefficient (Wildman–Crippen LogP) is -4.46. The summed E-state index contributed by atoms with van der Waals surface area (Å²) in [6, 6.07) is 0. The first-order chi connectivity index (χ1) is 20.9. The van der Waals surface area contributed by atoms with Crippen LogP contribution in [0.25, 0.3) is 22.3 Å². The highest BCUT2D eigenvalue weighted by Crippen LogP contribution is 2.07. The number of rotatable bonds is 8. The molecule has 10 N–H and O–H groups in total. The van der Waals surface area contributed by atoms with Crippen molar-refractivity contribution >= 4 is 44.6 Å². The minimum Gasteiger partial charge on any atom is -0.370 e. The van der Waals surface area contributed by atoms with Crippen molar-refractivity contribution in [2.24, 2.45) is 61.1 Å². The Morgan fingerprint density at radius 3 is 1.29 bits per heavy atom. The average Bonchev–Trinajstić information content (AvgIpc) is 3.57. The lowest BCUT2D eigenvalue weighted by Crippen LogP contribution is -2.37. The Bertz CT molecular complexity index is 1930. The number of aryl methyl sites for hydroxylation is 4. The van der Waals surface area contributed by atoms with Gasteiger partial charge in [-0.3, -0.25) is 46.9 Å². The number of nitrogens with zero attached hydrogens (tertiary/aromatic N) is 10.